The van der Waals surface area contributed by atoms with E-state index in [4.69, 9.17) is 0 Å². The molecule has 0 atom stereocenters. The molecular weight excluding hydrogens is 424 g/mol. The Kier molecular flexibility index (Phi) is 4.74. The van der Waals surface area contributed by atoms with Gasteiger partial charge in [0.25, 0.3) is 10.0 Å². The van der Waals surface area contributed by atoms with Gasteiger partial charge in [0.2, 0.25) is 5.91 Å². The number of thiophene rings is 1. The molecule has 0 spiro atoms. The molecule has 0 saturated carbocycles. The smallest absolute Gasteiger partial charge is 0.263 e. The number of pyridine rings is 2. The van der Waals surface area contributed by atoms with Gasteiger partial charge in [-0.1, -0.05) is 0 Å². The number of aromatic amines is 1. The van der Waals surface area contributed by atoms with Crippen molar-refractivity contribution in [3.05, 3.63) is 54.6 Å². The highest BCUT2D eigenvalue weighted by atomic mass is 32.2. The number of sulfonamides is 1. The highest BCUT2D eigenvalue weighted by molar-refractivity contribution is 7.91. The predicted octanol–water partition coefficient (Wildman–Crippen LogP) is 1.71. The molecule has 0 unspecified atom stereocenters. The zero-order valence-corrected chi connectivity index (χ0v) is 17.4. The Hall–Kier alpha value is -2.86. The average molecular weight is 443 g/mol. The minimum atomic E-state index is -3.77. The van der Waals surface area contributed by atoms with Crippen LogP contribution in [0.4, 0.5) is 0 Å². The molecule has 9 nitrogen and oxygen atoms in total. The molecule has 0 aromatic carbocycles. The lowest BCUT2D eigenvalue weighted by Crippen LogP contribution is -2.55. The fourth-order valence-corrected chi connectivity index (χ4v) is 5.89. The summed E-state index contributed by atoms with van der Waals surface area (Å²) in [6.45, 7) is 1.24. The number of hydrogen-bond acceptors (Lipinski definition) is 7. The Bertz CT molecular complexity index is 1280. The monoisotopic (exact) mass is 442 g/mol. The molecule has 1 aliphatic heterocycles. The number of hydrazine groups is 1. The molecule has 0 aliphatic carbocycles. The molecule has 5 rings (SSSR count). The number of carbonyl (C=O) groups excluding carboxylic acids is 1. The first-order valence-corrected chi connectivity index (χ1v) is 11.6. The van der Waals surface area contributed by atoms with Gasteiger partial charge in [-0.15, -0.1) is 16.2 Å². The molecule has 0 radical (unpaired) electrons. The van der Waals surface area contributed by atoms with Gasteiger partial charge in [-0.3, -0.25) is 14.8 Å². The summed E-state index contributed by atoms with van der Waals surface area (Å²) >= 11 is 1.15. The van der Waals surface area contributed by atoms with Crippen molar-refractivity contribution in [2.75, 3.05) is 19.6 Å². The van der Waals surface area contributed by atoms with Crippen LogP contribution in [0.15, 0.2) is 53.1 Å². The molecule has 154 valence electrons. The van der Waals surface area contributed by atoms with Gasteiger partial charge >= 0.3 is 0 Å². The van der Waals surface area contributed by atoms with Gasteiger partial charge in [0, 0.05) is 48.3 Å². The number of carbonyl (C=O) groups is 1. The maximum atomic E-state index is 12.7. The molecule has 11 heteroatoms. The molecular formula is C19H18N6O3S2. The topological polar surface area (TPSA) is 111 Å². The largest absolute Gasteiger partial charge is 0.357 e. The van der Waals surface area contributed by atoms with Crippen molar-refractivity contribution in [2.24, 2.45) is 0 Å². The van der Waals surface area contributed by atoms with Crippen molar-refractivity contribution in [1.29, 1.82) is 0 Å². The Morgan fingerprint density at radius 3 is 2.90 bits per heavy atom. The second-order valence-corrected chi connectivity index (χ2v) is 10.0. The Morgan fingerprint density at radius 1 is 1.20 bits per heavy atom. The van der Waals surface area contributed by atoms with Crippen molar-refractivity contribution in [2.45, 2.75) is 10.8 Å². The van der Waals surface area contributed by atoms with Crippen LogP contribution in [0.5, 0.6) is 0 Å². The molecule has 4 aromatic heterocycles. The van der Waals surface area contributed by atoms with Crippen molar-refractivity contribution >= 4 is 48.4 Å². The number of nitrogens with zero attached hydrogens (tertiary/aromatic N) is 4. The molecule has 0 bridgehead atoms. The van der Waals surface area contributed by atoms with Crippen LogP contribution in [0.25, 0.3) is 21.1 Å². The standard InChI is InChI=1S/C19H18N6O3S2/c26-18-12-25(23-30(27,28)19-9-16-17(29-19)2-1-4-21-16)7-6-24(18)11-14-8-13-10-20-5-3-15(13)22-14/h1-5,8-10,22-23H,6-7,11-12H2. The van der Waals surface area contributed by atoms with E-state index in [2.05, 4.69) is 19.8 Å². The van der Waals surface area contributed by atoms with Crippen LogP contribution in [-0.4, -0.2) is 58.8 Å². The van der Waals surface area contributed by atoms with E-state index in [-0.39, 0.29) is 16.7 Å². The van der Waals surface area contributed by atoms with Crippen LogP contribution in [-0.2, 0) is 21.4 Å². The van der Waals surface area contributed by atoms with E-state index in [0.29, 0.717) is 25.2 Å². The number of fused-ring (bicyclic) bond motifs is 2. The third-order valence-corrected chi connectivity index (χ3v) is 7.87. The maximum absolute atomic E-state index is 12.7. The number of amides is 1. The Morgan fingerprint density at radius 2 is 2.10 bits per heavy atom. The quantitative estimate of drug-likeness (QED) is 0.487. The van der Waals surface area contributed by atoms with Crippen LogP contribution in [0.3, 0.4) is 0 Å². The van der Waals surface area contributed by atoms with Crippen molar-refractivity contribution in [1.82, 2.24) is 29.7 Å². The number of piperazine rings is 1. The molecule has 4 aromatic rings. The van der Waals surface area contributed by atoms with Gasteiger partial charge < -0.3 is 9.88 Å². The third kappa shape index (κ3) is 3.67. The van der Waals surface area contributed by atoms with E-state index in [9.17, 15) is 13.2 Å². The second kappa shape index (κ2) is 7.43. The molecule has 1 saturated heterocycles. The normalized spacial score (nSPS) is 16.0. The third-order valence-electron chi connectivity index (χ3n) is 4.94. The van der Waals surface area contributed by atoms with Crippen LogP contribution < -0.4 is 4.83 Å². The Balaban J connectivity index is 1.25. The van der Waals surface area contributed by atoms with E-state index in [1.807, 2.05) is 18.2 Å². The first-order valence-electron chi connectivity index (χ1n) is 9.29. The average Bonchev–Trinajstić information content (AvgIpc) is 3.33. The van der Waals surface area contributed by atoms with E-state index >= 15 is 0 Å². The zero-order valence-electron chi connectivity index (χ0n) is 15.8. The summed E-state index contributed by atoms with van der Waals surface area (Å²) in [5.41, 5.74) is 2.52. The highest BCUT2D eigenvalue weighted by Crippen LogP contribution is 2.27. The summed E-state index contributed by atoms with van der Waals surface area (Å²) in [6, 6.07) is 9.00. The van der Waals surface area contributed by atoms with Gasteiger partial charge in [0.05, 0.1) is 23.3 Å². The fourth-order valence-electron chi connectivity index (χ4n) is 3.47. The van der Waals surface area contributed by atoms with Gasteiger partial charge in [-0.05, 0) is 30.3 Å². The fraction of sp³-hybridized carbons (Fsp3) is 0.211. The van der Waals surface area contributed by atoms with E-state index in [1.54, 1.807) is 35.6 Å². The van der Waals surface area contributed by atoms with Crippen molar-refractivity contribution < 1.29 is 13.2 Å². The summed E-state index contributed by atoms with van der Waals surface area (Å²) < 4.78 is 26.5. The van der Waals surface area contributed by atoms with Crippen LogP contribution in [0, 0.1) is 0 Å². The molecule has 2 N–H and O–H groups in total. The number of hydrogen-bond donors (Lipinski definition) is 2. The summed E-state index contributed by atoms with van der Waals surface area (Å²) in [6.07, 6.45) is 5.11. The summed E-state index contributed by atoms with van der Waals surface area (Å²) in [4.78, 5) is 28.4. The first kappa shape index (κ1) is 19.1. The zero-order chi connectivity index (χ0) is 20.7. The van der Waals surface area contributed by atoms with Crippen LogP contribution in [0.1, 0.15) is 5.69 Å². The van der Waals surface area contributed by atoms with E-state index in [0.717, 1.165) is 32.6 Å². The lowest BCUT2D eigenvalue weighted by Gasteiger charge is -2.33. The summed E-state index contributed by atoms with van der Waals surface area (Å²) in [5, 5.41) is 2.44. The summed E-state index contributed by atoms with van der Waals surface area (Å²) in [5.74, 6) is -0.140. The van der Waals surface area contributed by atoms with Gasteiger partial charge in [-0.2, -0.15) is 0 Å². The number of H-pyrrole nitrogens is 1. The lowest BCUT2D eigenvalue weighted by molar-refractivity contribution is -0.137. The number of rotatable bonds is 5. The first-order chi connectivity index (χ1) is 14.5. The highest BCUT2D eigenvalue weighted by Gasteiger charge is 2.28. The van der Waals surface area contributed by atoms with Crippen molar-refractivity contribution in [3.63, 3.8) is 0 Å². The minimum Gasteiger partial charge on any atom is -0.357 e. The number of aromatic nitrogens is 3. The van der Waals surface area contributed by atoms with Gasteiger partial charge in [-0.25, -0.2) is 13.4 Å². The van der Waals surface area contributed by atoms with Crippen LogP contribution in [0.2, 0.25) is 0 Å². The lowest BCUT2D eigenvalue weighted by atomic mass is 10.3. The minimum absolute atomic E-state index is 0.0237. The van der Waals surface area contributed by atoms with Gasteiger partial charge in [0.15, 0.2) is 0 Å². The molecule has 1 fully saturated rings. The second-order valence-electron chi connectivity index (χ2n) is 7.04. The van der Waals surface area contributed by atoms with E-state index in [1.165, 1.54) is 5.01 Å². The summed E-state index contributed by atoms with van der Waals surface area (Å²) in [7, 11) is -3.77. The van der Waals surface area contributed by atoms with E-state index < -0.39 is 10.0 Å². The Labute approximate surface area is 176 Å². The van der Waals surface area contributed by atoms with Gasteiger partial charge in [0.1, 0.15) is 4.21 Å². The maximum Gasteiger partial charge on any atom is 0.263 e. The van der Waals surface area contributed by atoms with Crippen molar-refractivity contribution in [3.8, 4) is 0 Å². The molecule has 30 heavy (non-hydrogen) atoms. The SMILES string of the molecule is O=C1CN(NS(=O)(=O)c2cc3ncccc3s2)CCN1Cc1cc2cnccc2[nH]1. The molecule has 1 amide bonds. The van der Waals surface area contributed by atoms with Crippen LogP contribution >= 0.6 is 11.3 Å². The predicted molar refractivity (Wildman–Crippen MR) is 113 cm³/mol. The number of nitrogens with one attached hydrogen (secondary N) is 2. The molecule has 5 heterocycles. The molecule has 1 aliphatic rings.